The fraction of sp³-hybridized carbons (Fsp3) is 0.462. The average molecular weight is 314 g/mol. The van der Waals surface area contributed by atoms with Crippen LogP contribution in [0.4, 0.5) is 0 Å². The molecule has 0 radical (unpaired) electrons. The Morgan fingerprint density at radius 1 is 1.47 bits per heavy atom. The summed E-state index contributed by atoms with van der Waals surface area (Å²) in [5.74, 6) is 0.765. The Kier molecular flexibility index (Phi) is 3.24. The van der Waals surface area contributed by atoms with E-state index in [9.17, 15) is 0 Å². The van der Waals surface area contributed by atoms with Gasteiger partial charge < -0.3 is 5.32 Å². The molecule has 90 valence electrons. The largest absolute Gasteiger partial charge is 0.310 e. The first-order chi connectivity index (χ1) is 8.24. The Balaban J connectivity index is 1.87. The van der Waals surface area contributed by atoms with Crippen LogP contribution in [-0.2, 0) is 0 Å². The summed E-state index contributed by atoms with van der Waals surface area (Å²) in [5.41, 5.74) is 2.55. The van der Waals surface area contributed by atoms with Crippen molar-refractivity contribution >= 4 is 33.1 Å². The second-order valence-corrected chi connectivity index (χ2v) is 5.93. The average Bonchev–Trinajstić information content (AvgIpc) is 2.76. The zero-order valence-electron chi connectivity index (χ0n) is 9.42. The van der Waals surface area contributed by atoms with Crippen molar-refractivity contribution in [2.24, 2.45) is 5.92 Å². The molecular weight excluding hydrogens is 300 g/mol. The van der Waals surface area contributed by atoms with Crippen molar-refractivity contribution in [3.8, 4) is 0 Å². The number of aromatic nitrogens is 1. The summed E-state index contributed by atoms with van der Waals surface area (Å²) in [6, 6.07) is 2.56. The fourth-order valence-electron chi connectivity index (χ4n) is 2.78. The van der Waals surface area contributed by atoms with E-state index in [-0.39, 0.29) is 0 Å². The Labute approximate surface area is 115 Å². The molecule has 2 atom stereocenters. The van der Waals surface area contributed by atoms with Crippen molar-refractivity contribution in [3.63, 3.8) is 0 Å². The first-order valence-electron chi connectivity index (χ1n) is 5.99. The van der Waals surface area contributed by atoms with E-state index < -0.39 is 0 Å². The minimum Gasteiger partial charge on any atom is -0.310 e. The lowest BCUT2D eigenvalue weighted by Gasteiger charge is -2.25. The van der Waals surface area contributed by atoms with Crippen molar-refractivity contribution < 1.29 is 0 Å². The van der Waals surface area contributed by atoms with Gasteiger partial charge in [-0.05, 0) is 64.9 Å². The maximum atomic E-state index is 6.09. The molecule has 3 rings (SSSR count). The van der Waals surface area contributed by atoms with Crippen LogP contribution >= 0.6 is 27.5 Å². The number of nitrogens with one attached hydrogen (secondary N) is 1. The first kappa shape index (κ1) is 11.7. The first-order valence-corrected chi connectivity index (χ1v) is 7.16. The lowest BCUT2D eigenvalue weighted by atomic mass is 9.92. The Morgan fingerprint density at radius 2 is 2.35 bits per heavy atom. The van der Waals surface area contributed by atoms with E-state index >= 15 is 0 Å². The molecule has 0 spiro atoms. The number of pyridine rings is 1. The number of halogens is 2. The number of allylic oxidation sites excluding steroid dienone is 1. The second-order valence-electron chi connectivity index (χ2n) is 4.77. The molecule has 0 aromatic carbocycles. The molecular formula is C13H14BrClN2. The molecule has 4 heteroatoms. The van der Waals surface area contributed by atoms with Gasteiger partial charge in [0, 0.05) is 12.2 Å². The van der Waals surface area contributed by atoms with E-state index in [1.807, 2.05) is 12.3 Å². The highest BCUT2D eigenvalue weighted by Crippen LogP contribution is 2.37. The molecule has 1 aromatic heterocycles. The summed E-state index contributed by atoms with van der Waals surface area (Å²) in [6.07, 6.45) is 8.03. The standard InChI is InChI=1S/C13H14BrClN2/c14-13-11(15)5-10(7-17-13)9-4-8-2-1-3-16-12(8)6-9/h5-8,12,16H,1-4H2/t8-,12+/m0/s1. The van der Waals surface area contributed by atoms with Crippen molar-refractivity contribution in [2.45, 2.75) is 25.3 Å². The van der Waals surface area contributed by atoms with Crippen molar-refractivity contribution in [3.05, 3.63) is 33.5 Å². The van der Waals surface area contributed by atoms with Crippen LogP contribution in [0.2, 0.25) is 5.02 Å². The SMILES string of the molecule is Clc1cc(C2=C[C@H]3NCCC[C@H]3C2)cnc1Br. The summed E-state index contributed by atoms with van der Waals surface area (Å²) < 4.78 is 0.719. The van der Waals surface area contributed by atoms with Crippen molar-refractivity contribution in [1.29, 1.82) is 0 Å². The number of piperidine rings is 1. The third kappa shape index (κ3) is 2.28. The van der Waals surface area contributed by atoms with Crippen LogP contribution in [0.3, 0.4) is 0 Å². The van der Waals surface area contributed by atoms with Gasteiger partial charge in [0.2, 0.25) is 0 Å². The highest BCUT2D eigenvalue weighted by atomic mass is 79.9. The van der Waals surface area contributed by atoms with Gasteiger partial charge in [-0.2, -0.15) is 0 Å². The van der Waals surface area contributed by atoms with E-state index in [0.29, 0.717) is 11.1 Å². The predicted molar refractivity (Wildman–Crippen MR) is 74.1 cm³/mol. The molecule has 1 N–H and O–H groups in total. The summed E-state index contributed by atoms with van der Waals surface area (Å²) >= 11 is 9.42. The number of nitrogens with zero attached hydrogens (tertiary/aromatic N) is 1. The van der Waals surface area contributed by atoms with Gasteiger partial charge in [0.05, 0.1) is 5.02 Å². The van der Waals surface area contributed by atoms with E-state index in [0.717, 1.165) is 29.1 Å². The zero-order chi connectivity index (χ0) is 11.8. The van der Waals surface area contributed by atoms with E-state index in [4.69, 9.17) is 11.6 Å². The van der Waals surface area contributed by atoms with Gasteiger partial charge >= 0.3 is 0 Å². The molecule has 17 heavy (non-hydrogen) atoms. The molecule has 2 aliphatic rings. The van der Waals surface area contributed by atoms with Gasteiger partial charge in [-0.25, -0.2) is 4.98 Å². The van der Waals surface area contributed by atoms with E-state index in [2.05, 4.69) is 32.3 Å². The molecule has 2 heterocycles. The smallest absolute Gasteiger partial charge is 0.124 e. The summed E-state index contributed by atoms with van der Waals surface area (Å²) in [6.45, 7) is 1.14. The maximum absolute atomic E-state index is 6.09. The summed E-state index contributed by atoms with van der Waals surface area (Å²) in [7, 11) is 0. The lowest BCUT2D eigenvalue weighted by Crippen LogP contribution is -2.37. The van der Waals surface area contributed by atoms with Crippen LogP contribution in [0.15, 0.2) is 22.9 Å². The summed E-state index contributed by atoms with van der Waals surface area (Å²) in [5, 5.41) is 4.25. The highest BCUT2D eigenvalue weighted by Gasteiger charge is 2.30. The quantitative estimate of drug-likeness (QED) is 0.801. The highest BCUT2D eigenvalue weighted by molar-refractivity contribution is 9.10. The number of hydrogen-bond acceptors (Lipinski definition) is 2. The Morgan fingerprint density at radius 3 is 3.12 bits per heavy atom. The zero-order valence-corrected chi connectivity index (χ0v) is 11.8. The molecule has 1 aliphatic heterocycles. The topological polar surface area (TPSA) is 24.9 Å². The van der Waals surface area contributed by atoms with Crippen molar-refractivity contribution in [1.82, 2.24) is 10.3 Å². The fourth-order valence-corrected chi connectivity index (χ4v) is 3.16. The number of hydrogen-bond donors (Lipinski definition) is 1. The molecule has 1 saturated heterocycles. The molecule has 0 unspecified atom stereocenters. The van der Waals surface area contributed by atoms with Crippen LogP contribution < -0.4 is 5.32 Å². The summed E-state index contributed by atoms with van der Waals surface area (Å²) in [4.78, 5) is 4.26. The normalized spacial score (nSPS) is 27.8. The van der Waals surface area contributed by atoms with Gasteiger partial charge in [0.25, 0.3) is 0 Å². The van der Waals surface area contributed by atoms with E-state index in [1.165, 1.54) is 18.4 Å². The van der Waals surface area contributed by atoms with Gasteiger partial charge in [-0.3, -0.25) is 0 Å². The van der Waals surface area contributed by atoms with Gasteiger partial charge in [0.15, 0.2) is 0 Å². The molecule has 1 aromatic rings. The molecule has 0 bridgehead atoms. The van der Waals surface area contributed by atoms with Crippen molar-refractivity contribution in [2.75, 3.05) is 6.54 Å². The molecule has 2 nitrogen and oxygen atoms in total. The van der Waals surface area contributed by atoms with Crippen LogP contribution in [0.5, 0.6) is 0 Å². The third-order valence-electron chi connectivity index (χ3n) is 3.67. The molecule has 0 amide bonds. The van der Waals surface area contributed by atoms with E-state index in [1.54, 1.807) is 0 Å². The van der Waals surface area contributed by atoms with Crippen LogP contribution in [-0.4, -0.2) is 17.6 Å². The minimum absolute atomic E-state index is 0.557. The van der Waals surface area contributed by atoms with Gasteiger partial charge in [-0.1, -0.05) is 17.7 Å². The number of rotatable bonds is 1. The molecule has 1 aliphatic carbocycles. The Bertz CT molecular complexity index is 472. The predicted octanol–water partition coefficient (Wildman–Crippen LogP) is 3.65. The maximum Gasteiger partial charge on any atom is 0.124 e. The van der Waals surface area contributed by atoms with Crippen LogP contribution in [0.1, 0.15) is 24.8 Å². The monoisotopic (exact) mass is 312 g/mol. The molecule has 1 fully saturated rings. The Hall–Kier alpha value is -0.380. The van der Waals surface area contributed by atoms with Crippen LogP contribution in [0.25, 0.3) is 5.57 Å². The lowest BCUT2D eigenvalue weighted by molar-refractivity contribution is 0.341. The number of fused-ring (bicyclic) bond motifs is 1. The minimum atomic E-state index is 0.557. The van der Waals surface area contributed by atoms with Gasteiger partial charge in [-0.15, -0.1) is 0 Å². The van der Waals surface area contributed by atoms with Crippen LogP contribution in [0, 0.1) is 5.92 Å². The molecule has 0 saturated carbocycles. The second kappa shape index (κ2) is 4.71. The van der Waals surface area contributed by atoms with Gasteiger partial charge in [0.1, 0.15) is 4.60 Å². The third-order valence-corrected chi connectivity index (χ3v) is 4.82.